The number of aromatic nitrogens is 1. The van der Waals surface area contributed by atoms with E-state index in [1.54, 1.807) is 0 Å². The van der Waals surface area contributed by atoms with E-state index in [9.17, 15) is 0 Å². The molecule has 1 N–H and O–H groups in total. The Morgan fingerprint density at radius 3 is 2.70 bits per heavy atom. The van der Waals surface area contributed by atoms with E-state index in [2.05, 4.69) is 58.9 Å². The van der Waals surface area contributed by atoms with E-state index < -0.39 is 0 Å². The molecule has 1 aromatic heterocycles. The minimum Gasteiger partial charge on any atom is -0.379 e. The molecule has 4 nitrogen and oxygen atoms in total. The van der Waals surface area contributed by atoms with Crippen LogP contribution in [0.2, 0.25) is 5.02 Å². The molecule has 1 fully saturated rings. The zero-order chi connectivity index (χ0) is 23.2. The summed E-state index contributed by atoms with van der Waals surface area (Å²) >= 11 is 6.75. The van der Waals surface area contributed by atoms with Crippen LogP contribution in [0.5, 0.6) is 0 Å². The summed E-state index contributed by atoms with van der Waals surface area (Å²) in [6.45, 7) is 8.42. The minimum atomic E-state index is 0.359. The van der Waals surface area contributed by atoms with Crippen molar-refractivity contribution in [2.24, 2.45) is 10.9 Å². The molecule has 0 amide bonds. The van der Waals surface area contributed by atoms with Crippen LogP contribution in [-0.4, -0.2) is 35.2 Å². The molecule has 1 aromatic rings. The van der Waals surface area contributed by atoms with Gasteiger partial charge in [0.25, 0.3) is 0 Å². The van der Waals surface area contributed by atoms with Crippen LogP contribution in [0, 0.1) is 18.3 Å². The number of hydrogen-bond acceptors (Lipinski definition) is 4. The molecule has 4 rings (SSSR count). The van der Waals surface area contributed by atoms with Gasteiger partial charge in [-0.2, -0.15) is 0 Å². The van der Waals surface area contributed by atoms with E-state index in [1.165, 1.54) is 17.5 Å². The van der Waals surface area contributed by atoms with Crippen molar-refractivity contribution >= 4 is 34.9 Å². The van der Waals surface area contributed by atoms with Crippen LogP contribution in [0.1, 0.15) is 57.6 Å². The molecule has 2 atom stereocenters. The quantitative estimate of drug-likeness (QED) is 0.284. The third-order valence-corrected chi connectivity index (χ3v) is 7.13. The lowest BCUT2D eigenvalue weighted by molar-refractivity contribution is 0.350. The van der Waals surface area contributed by atoms with Crippen LogP contribution in [0.4, 0.5) is 11.5 Å². The topological polar surface area (TPSA) is 40.5 Å². The van der Waals surface area contributed by atoms with Crippen molar-refractivity contribution in [3.05, 3.63) is 58.9 Å². The van der Waals surface area contributed by atoms with Gasteiger partial charge < -0.3 is 10.2 Å². The Hall–Kier alpha value is -2.77. The Kier molecular flexibility index (Phi) is 7.73. The van der Waals surface area contributed by atoms with Gasteiger partial charge in [-0.05, 0) is 75.5 Å². The number of nitrogens with zero attached hydrogens (tertiary/aromatic N) is 3. The first-order valence-electron chi connectivity index (χ1n) is 12.0. The minimum absolute atomic E-state index is 0.359. The van der Waals surface area contributed by atoms with Crippen molar-refractivity contribution in [2.75, 3.05) is 18.4 Å². The van der Waals surface area contributed by atoms with Gasteiger partial charge in [-0.25, -0.2) is 9.98 Å². The average molecular weight is 461 g/mol. The number of rotatable bonds is 6. The number of allylic oxidation sites excluding steroid dienone is 5. The molecule has 2 unspecified atom stereocenters. The summed E-state index contributed by atoms with van der Waals surface area (Å²) in [5, 5.41) is 4.26. The van der Waals surface area contributed by atoms with E-state index in [1.807, 2.05) is 6.07 Å². The Morgan fingerprint density at radius 2 is 2.06 bits per heavy atom. The van der Waals surface area contributed by atoms with Crippen molar-refractivity contribution in [3.8, 4) is 12.3 Å². The van der Waals surface area contributed by atoms with Gasteiger partial charge in [-0.3, -0.25) is 0 Å². The van der Waals surface area contributed by atoms with Crippen molar-refractivity contribution in [1.29, 1.82) is 0 Å². The lowest BCUT2D eigenvalue weighted by Crippen LogP contribution is -2.25. The van der Waals surface area contributed by atoms with E-state index >= 15 is 0 Å². The number of anilines is 1. The van der Waals surface area contributed by atoms with E-state index in [-0.39, 0.29) is 0 Å². The molecule has 0 spiro atoms. The van der Waals surface area contributed by atoms with Crippen LogP contribution in [-0.2, 0) is 0 Å². The molecule has 1 saturated carbocycles. The predicted octanol–water partition coefficient (Wildman–Crippen LogP) is 6.94. The largest absolute Gasteiger partial charge is 0.379 e. The summed E-state index contributed by atoms with van der Waals surface area (Å²) in [6, 6.07) is 2.32. The molecule has 0 bridgehead atoms. The zero-order valence-electron chi connectivity index (χ0n) is 19.5. The van der Waals surface area contributed by atoms with Crippen molar-refractivity contribution < 1.29 is 0 Å². The normalized spacial score (nSPS) is 23.1. The molecular weight excluding hydrogens is 428 g/mol. The summed E-state index contributed by atoms with van der Waals surface area (Å²) in [7, 11) is 0. The van der Waals surface area contributed by atoms with E-state index in [0.717, 1.165) is 75.0 Å². The third-order valence-electron chi connectivity index (χ3n) is 6.84. The predicted molar refractivity (Wildman–Crippen MR) is 141 cm³/mol. The van der Waals surface area contributed by atoms with Crippen molar-refractivity contribution in [3.63, 3.8) is 0 Å². The first-order valence-corrected chi connectivity index (χ1v) is 12.3. The second-order valence-electron chi connectivity index (χ2n) is 9.20. The van der Waals surface area contributed by atoms with Gasteiger partial charge in [0.1, 0.15) is 0 Å². The Morgan fingerprint density at radius 1 is 1.27 bits per heavy atom. The van der Waals surface area contributed by atoms with Crippen LogP contribution in [0.15, 0.2) is 53.2 Å². The number of terminal acetylenes is 1. The first kappa shape index (κ1) is 23.4. The van der Waals surface area contributed by atoms with E-state index in [0.29, 0.717) is 22.8 Å². The third kappa shape index (κ3) is 5.78. The van der Waals surface area contributed by atoms with Crippen LogP contribution in [0.3, 0.4) is 0 Å². The second kappa shape index (κ2) is 10.9. The van der Waals surface area contributed by atoms with Gasteiger partial charge in [-0.15, -0.1) is 6.42 Å². The molecule has 33 heavy (non-hydrogen) atoms. The molecule has 5 heteroatoms. The lowest BCUT2D eigenvalue weighted by Gasteiger charge is -2.28. The van der Waals surface area contributed by atoms with Gasteiger partial charge in [0.2, 0.25) is 0 Å². The molecule has 3 aliphatic rings. The number of pyridine rings is 1. The fourth-order valence-electron chi connectivity index (χ4n) is 4.97. The summed E-state index contributed by atoms with van der Waals surface area (Å²) < 4.78 is 0. The van der Waals surface area contributed by atoms with Crippen LogP contribution >= 0.6 is 11.6 Å². The van der Waals surface area contributed by atoms with Gasteiger partial charge >= 0.3 is 0 Å². The van der Waals surface area contributed by atoms with Gasteiger partial charge in [0, 0.05) is 24.8 Å². The fraction of sp³-hybridized carbons (Fsp3) is 0.429. The van der Waals surface area contributed by atoms with Gasteiger partial charge in [0.05, 0.1) is 22.6 Å². The van der Waals surface area contributed by atoms with Gasteiger partial charge in [0.15, 0.2) is 5.82 Å². The Balaban J connectivity index is 1.56. The summed E-state index contributed by atoms with van der Waals surface area (Å²) in [5.41, 5.74) is 5.43. The summed E-state index contributed by atoms with van der Waals surface area (Å²) in [5.74, 6) is 3.64. The molecule has 1 aliphatic heterocycles. The standard InChI is InChI=1S/C28H33ClN4/c1-4-15-30-28-26(31-23-12-9-22(18-23)20(2)3)19-25(29)27(32-28)21-10-13-24(14-11-21)33-16-7-5-6-8-17-33/h1,5-6,10,13,15,19,22-23,31H,2,7-9,11-12,14,16-18H2,3H3. The highest BCUT2D eigenvalue weighted by atomic mass is 35.5. The van der Waals surface area contributed by atoms with E-state index in [4.69, 9.17) is 23.0 Å². The first-order chi connectivity index (χ1) is 16.0. The van der Waals surface area contributed by atoms with Crippen LogP contribution in [0.25, 0.3) is 5.57 Å². The fourth-order valence-corrected chi connectivity index (χ4v) is 5.24. The number of aliphatic imine (C=N–C) groups is 1. The molecule has 2 heterocycles. The monoisotopic (exact) mass is 460 g/mol. The van der Waals surface area contributed by atoms with Gasteiger partial charge in [-0.1, -0.05) is 47.9 Å². The highest BCUT2D eigenvalue weighted by Crippen LogP contribution is 2.38. The maximum absolute atomic E-state index is 6.75. The highest BCUT2D eigenvalue weighted by molar-refractivity contribution is 6.32. The second-order valence-corrected chi connectivity index (χ2v) is 9.61. The maximum atomic E-state index is 6.75. The zero-order valence-corrected chi connectivity index (χ0v) is 20.2. The smallest absolute Gasteiger partial charge is 0.176 e. The summed E-state index contributed by atoms with van der Waals surface area (Å²) in [4.78, 5) is 11.8. The molecule has 0 saturated heterocycles. The molecule has 0 radical (unpaired) electrons. The number of nitrogens with one attached hydrogen (secondary N) is 1. The molecule has 2 aliphatic carbocycles. The highest BCUT2D eigenvalue weighted by Gasteiger charge is 2.26. The Labute approximate surface area is 203 Å². The average Bonchev–Trinajstić information content (AvgIpc) is 3.12. The number of halogens is 1. The maximum Gasteiger partial charge on any atom is 0.176 e. The van der Waals surface area contributed by atoms with Crippen molar-refractivity contribution in [1.82, 2.24) is 9.88 Å². The SMILES string of the molecule is C#CC=Nc1nc(C2=CC=C(N3CCC=CCC3)CC2)c(Cl)cc1NC1CCC(C(=C)C)C1. The molecule has 172 valence electrons. The van der Waals surface area contributed by atoms with Crippen LogP contribution < -0.4 is 5.32 Å². The molecule has 0 aromatic carbocycles. The number of hydrogen-bond donors (Lipinski definition) is 1. The lowest BCUT2D eigenvalue weighted by atomic mass is 9.98. The van der Waals surface area contributed by atoms with Crippen molar-refractivity contribution in [2.45, 2.75) is 57.9 Å². The summed E-state index contributed by atoms with van der Waals surface area (Å²) in [6.07, 6.45) is 23.3. The Bertz CT molecular complexity index is 1050. The molecular formula is C28H33ClN4.